The summed E-state index contributed by atoms with van der Waals surface area (Å²) >= 11 is 0. The Balaban J connectivity index is 1.84. The number of hydrogen-bond acceptors (Lipinski definition) is 3. The van der Waals surface area contributed by atoms with E-state index in [-0.39, 0.29) is 12.0 Å². The molecule has 0 aromatic heterocycles. The summed E-state index contributed by atoms with van der Waals surface area (Å²) in [7, 11) is -5.49. The smallest absolute Gasteiger partial charge is 0.197 e. The second kappa shape index (κ2) is 10.2. The average molecular weight is 527 g/mol. The van der Waals surface area contributed by atoms with Crippen LogP contribution >= 0.6 is 7.14 Å². The lowest BCUT2D eigenvalue weighted by Crippen LogP contribution is -2.50. The highest BCUT2D eigenvalue weighted by Gasteiger charge is 2.64. The van der Waals surface area contributed by atoms with Gasteiger partial charge in [-0.2, -0.15) is 0 Å². The molecule has 1 heterocycles. The highest BCUT2D eigenvalue weighted by molar-refractivity contribution is 7.79. The lowest BCUT2D eigenvalue weighted by molar-refractivity contribution is -0.186. The summed E-state index contributed by atoms with van der Waals surface area (Å²) in [5.74, 6) is -1.27. The maximum atomic E-state index is 15.9. The van der Waals surface area contributed by atoms with Crippen LogP contribution < -0.4 is 10.6 Å². The van der Waals surface area contributed by atoms with E-state index >= 15 is 4.57 Å². The minimum Gasteiger partial charge on any atom is -0.387 e. The molecule has 3 nitrogen and oxygen atoms in total. The molecule has 0 bridgehead atoms. The molecule has 0 N–H and O–H groups in total. The van der Waals surface area contributed by atoms with Crippen LogP contribution in [0.15, 0.2) is 121 Å². The van der Waals surface area contributed by atoms with Crippen LogP contribution in [-0.2, 0) is 19.5 Å². The van der Waals surface area contributed by atoms with Crippen molar-refractivity contribution in [3.63, 3.8) is 0 Å². The Morgan fingerprint density at radius 1 is 0.703 bits per heavy atom. The molecule has 190 valence electrons. The molecule has 37 heavy (non-hydrogen) atoms. The van der Waals surface area contributed by atoms with Crippen molar-refractivity contribution >= 4 is 26.1 Å². The number of benzene rings is 4. The normalized spacial score (nSPS) is 24.2. The first-order valence-electron chi connectivity index (χ1n) is 13.0. The minimum atomic E-state index is -3.29. The molecule has 1 aliphatic rings. The monoisotopic (exact) mass is 526 g/mol. The second-order valence-corrected chi connectivity index (χ2v) is 18.2. The van der Waals surface area contributed by atoms with Crippen LogP contribution in [0.1, 0.15) is 24.2 Å². The van der Waals surface area contributed by atoms with Crippen molar-refractivity contribution in [1.29, 1.82) is 0 Å². The number of hydrogen-bond donors (Lipinski definition) is 0. The lowest BCUT2D eigenvalue weighted by atomic mass is 9.92. The zero-order valence-electron chi connectivity index (χ0n) is 22.0. The molecule has 0 unspecified atom stereocenters. The average Bonchev–Trinajstić information content (AvgIpc) is 3.22. The Bertz CT molecular complexity index is 1310. The molecule has 4 aromatic rings. The highest BCUT2D eigenvalue weighted by Crippen LogP contribution is 2.66. The van der Waals surface area contributed by atoms with E-state index in [9.17, 15) is 0 Å². The third-order valence-electron chi connectivity index (χ3n) is 7.10. The van der Waals surface area contributed by atoms with Gasteiger partial charge in [0, 0.05) is 22.1 Å². The fourth-order valence-corrected chi connectivity index (χ4v) is 10.8. The van der Waals surface area contributed by atoms with Crippen molar-refractivity contribution in [1.82, 2.24) is 0 Å². The van der Waals surface area contributed by atoms with E-state index in [1.807, 2.05) is 97.1 Å². The summed E-state index contributed by atoms with van der Waals surface area (Å²) in [6.45, 7) is 8.71. The quantitative estimate of drug-likeness (QED) is 0.185. The predicted molar refractivity (Wildman–Crippen MR) is 156 cm³/mol. The SMILES string of the molecule is C[C@H]1[C@@H](c2ccccc2)O[C@@](O[Si](C)(C)C)(c2ccccc2)[C@@H]1P(=O)(c1ccccc1)c1ccccc1. The topological polar surface area (TPSA) is 35.5 Å². The molecule has 0 spiro atoms. The second-order valence-electron chi connectivity index (χ2n) is 10.8. The van der Waals surface area contributed by atoms with Crippen LogP contribution in [-0.4, -0.2) is 14.0 Å². The van der Waals surface area contributed by atoms with Gasteiger partial charge in [0.1, 0.15) is 0 Å². The van der Waals surface area contributed by atoms with E-state index in [1.54, 1.807) is 0 Å². The van der Waals surface area contributed by atoms with Gasteiger partial charge in [-0.05, 0) is 25.2 Å². The third-order valence-corrected chi connectivity index (χ3v) is 11.7. The van der Waals surface area contributed by atoms with E-state index in [2.05, 4.69) is 50.8 Å². The Morgan fingerprint density at radius 2 is 1.14 bits per heavy atom. The first-order chi connectivity index (χ1) is 17.8. The van der Waals surface area contributed by atoms with Gasteiger partial charge in [-0.1, -0.05) is 128 Å². The molecule has 5 heteroatoms. The van der Waals surface area contributed by atoms with Crippen molar-refractivity contribution < 1.29 is 13.7 Å². The Labute approximate surface area is 222 Å². The summed E-state index contributed by atoms with van der Waals surface area (Å²) in [6.07, 6.45) is -0.275. The van der Waals surface area contributed by atoms with Crippen LogP contribution in [0.3, 0.4) is 0 Å². The van der Waals surface area contributed by atoms with Crippen molar-refractivity contribution in [3.8, 4) is 0 Å². The molecule has 4 aromatic carbocycles. The van der Waals surface area contributed by atoms with Gasteiger partial charge in [-0.3, -0.25) is 0 Å². The molecule has 0 aliphatic carbocycles. The van der Waals surface area contributed by atoms with Gasteiger partial charge in [-0.15, -0.1) is 0 Å². The van der Waals surface area contributed by atoms with Crippen LogP contribution in [0.25, 0.3) is 0 Å². The van der Waals surface area contributed by atoms with Gasteiger partial charge < -0.3 is 13.7 Å². The zero-order chi connectivity index (χ0) is 26.1. The highest BCUT2D eigenvalue weighted by atomic mass is 31.2. The van der Waals surface area contributed by atoms with Crippen molar-refractivity contribution in [3.05, 3.63) is 132 Å². The molecular weight excluding hydrogens is 491 g/mol. The largest absolute Gasteiger partial charge is 0.387 e. The van der Waals surface area contributed by atoms with Gasteiger partial charge in [0.05, 0.1) is 11.8 Å². The number of rotatable bonds is 7. The Hall–Kier alpha value is -2.75. The van der Waals surface area contributed by atoms with Gasteiger partial charge in [-0.25, -0.2) is 0 Å². The van der Waals surface area contributed by atoms with Crippen LogP contribution in [0.5, 0.6) is 0 Å². The van der Waals surface area contributed by atoms with E-state index < -0.39 is 26.9 Å². The van der Waals surface area contributed by atoms with Crippen molar-refractivity contribution in [2.45, 2.75) is 44.1 Å². The first-order valence-corrected chi connectivity index (χ1v) is 18.1. The maximum absolute atomic E-state index is 15.9. The molecule has 0 radical (unpaired) electrons. The molecule has 1 aliphatic heterocycles. The van der Waals surface area contributed by atoms with Crippen molar-refractivity contribution in [2.24, 2.45) is 5.92 Å². The lowest BCUT2D eigenvalue weighted by Gasteiger charge is -2.43. The van der Waals surface area contributed by atoms with Gasteiger partial charge in [0.15, 0.2) is 21.2 Å². The molecule has 0 amide bonds. The van der Waals surface area contributed by atoms with Gasteiger partial charge >= 0.3 is 0 Å². The Morgan fingerprint density at radius 3 is 1.59 bits per heavy atom. The fourth-order valence-electron chi connectivity index (χ4n) is 5.74. The van der Waals surface area contributed by atoms with Crippen LogP contribution in [0.4, 0.5) is 0 Å². The molecule has 5 rings (SSSR count). The van der Waals surface area contributed by atoms with Crippen molar-refractivity contribution in [2.75, 3.05) is 0 Å². The molecular formula is C32H35O3PSi. The van der Waals surface area contributed by atoms with E-state index in [0.29, 0.717) is 0 Å². The molecule has 4 atom stereocenters. The first kappa shape index (κ1) is 25.9. The summed E-state index contributed by atoms with van der Waals surface area (Å²) in [5, 5.41) is 1.66. The van der Waals surface area contributed by atoms with Crippen LogP contribution in [0.2, 0.25) is 19.6 Å². The summed E-state index contributed by atoms with van der Waals surface area (Å²) in [5.41, 5.74) is 1.55. The zero-order valence-corrected chi connectivity index (χ0v) is 23.8. The third kappa shape index (κ3) is 4.80. The molecule has 1 fully saturated rings. The summed E-state index contributed by atoms with van der Waals surface area (Å²) in [6, 6.07) is 40.3. The van der Waals surface area contributed by atoms with Crippen LogP contribution in [0, 0.1) is 5.92 Å². The Kier molecular flexibility index (Phi) is 7.13. The maximum Gasteiger partial charge on any atom is 0.197 e. The van der Waals surface area contributed by atoms with E-state index in [4.69, 9.17) is 9.16 Å². The van der Waals surface area contributed by atoms with Gasteiger partial charge in [0.25, 0.3) is 0 Å². The van der Waals surface area contributed by atoms with E-state index in [1.165, 1.54) is 0 Å². The minimum absolute atomic E-state index is 0.0924. The standard InChI is InChI=1S/C32H35O3PSi/c1-25-30(26-17-9-5-10-18-26)34-32(35-37(2,3)4,27-19-11-6-12-20-27)31(25)36(33,28-21-13-7-14-22-28)29-23-15-8-16-24-29/h5-25,30-31H,1-4H3/t25-,30-,31+,32+/m0/s1. The molecule has 1 saturated heterocycles. The predicted octanol–water partition coefficient (Wildman–Crippen LogP) is 7.48. The molecule has 0 saturated carbocycles. The summed E-state index contributed by atoms with van der Waals surface area (Å²) in [4.78, 5) is 0. The van der Waals surface area contributed by atoms with Gasteiger partial charge in [0.2, 0.25) is 0 Å². The summed E-state index contributed by atoms with van der Waals surface area (Å²) < 4.78 is 30.2. The number of ether oxygens (including phenoxy) is 1. The fraction of sp³-hybridized carbons (Fsp3) is 0.250. The van der Waals surface area contributed by atoms with E-state index in [0.717, 1.165) is 21.7 Å².